The van der Waals surface area contributed by atoms with Crippen LogP contribution in [0.2, 0.25) is 0 Å². The highest BCUT2D eigenvalue weighted by atomic mass is 19.1. The Kier molecular flexibility index (Phi) is 5.19. The second kappa shape index (κ2) is 7.95. The van der Waals surface area contributed by atoms with Gasteiger partial charge in [-0.05, 0) is 19.2 Å². The summed E-state index contributed by atoms with van der Waals surface area (Å²) in [6.45, 7) is 2.81. The summed E-state index contributed by atoms with van der Waals surface area (Å²) < 4.78 is 21.4. The molecule has 0 saturated carbocycles. The second-order valence-electron chi connectivity index (χ2n) is 6.95. The summed E-state index contributed by atoms with van der Waals surface area (Å²) in [5.41, 5.74) is 0.598. The van der Waals surface area contributed by atoms with E-state index in [0.717, 1.165) is 25.2 Å². The van der Waals surface area contributed by atoms with Gasteiger partial charge < -0.3 is 19.9 Å². The van der Waals surface area contributed by atoms with Gasteiger partial charge in [0.2, 0.25) is 0 Å². The maximum absolute atomic E-state index is 14.3. The minimum Gasteiger partial charge on any atom is -0.452 e. The summed E-state index contributed by atoms with van der Waals surface area (Å²) in [7, 11) is 2.00. The number of nitro groups is 1. The van der Waals surface area contributed by atoms with Crippen molar-refractivity contribution in [3.05, 3.63) is 58.7 Å². The van der Waals surface area contributed by atoms with Gasteiger partial charge in [0, 0.05) is 38.3 Å². The number of likely N-dealkylation sites (N-methyl/N-ethyl adjacent to an activating group) is 1. The third-order valence-electron chi connectivity index (χ3n) is 4.86. The van der Waals surface area contributed by atoms with Gasteiger partial charge in [-0.1, -0.05) is 0 Å². The molecular weight excluding hydrogens is 395 g/mol. The molecule has 3 heterocycles. The number of urea groups is 1. The largest absolute Gasteiger partial charge is 0.452 e. The summed E-state index contributed by atoms with van der Waals surface area (Å²) in [6, 6.07) is 6.13. The number of carbonyl (C=O) groups excluding carboxylic acids is 1. The van der Waals surface area contributed by atoms with E-state index in [1.165, 1.54) is 10.6 Å². The minimum absolute atomic E-state index is 0.175. The molecule has 1 N–H and O–H groups in total. The average molecular weight is 414 g/mol. The van der Waals surface area contributed by atoms with Gasteiger partial charge in [-0.3, -0.25) is 10.1 Å². The van der Waals surface area contributed by atoms with E-state index in [0.29, 0.717) is 24.3 Å². The summed E-state index contributed by atoms with van der Waals surface area (Å²) in [5.74, 6) is -0.795. The zero-order valence-electron chi connectivity index (χ0n) is 16.1. The van der Waals surface area contributed by atoms with Crippen molar-refractivity contribution in [3.8, 4) is 11.5 Å². The molecule has 1 saturated heterocycles. The zero-order chi connectivity index (χ0) is 21.3. The number of ether oxygens (including phenoxy) is 1. The molecule has 0 aliphatic carbocycles. The lowest BCUT2D eigenvalue weighted by Crippen LogP contribution is -2.48. The molecule has 0 unspecified atom stereocenters. The number of nitrogens with zero attached hydrogens (tertiary/aromatic N) is 5. The van der Waals surface area contributed by atoms with Gasteiger partial charge >= 0.3 is 6.03 Å². The molecule has 10 nitrogen and oxygen atoms in total. The van der Waals surface area contributed by atoms with Crippen LogP contribution in [0.15, 0.2) is 42.7 Å². The third-order valence-corrected chi connectivity index (χ3v) is 4.86. The lowest BCUT2D eigenvalue weighted by Gasteiger charge is -2.32. The van der Waals surface area contributed by atoms with Crippen LogP contribution in [0.3, 0.4) is 0 Å². The smallest absolute Gasteiger partial charge is 0.321 e. The quantitative estimate of drug-likeness (QED) is 0.520. The van der Waals surface area contributed by atoms with Crippen molar-refractivity contribution in [2.75, 3.05) is 38.5 Å². The van der Waals surface area contributed by atoms with E-state index in [2.05, 4.69) is 15.3 Å². The number of hydrogen-bond donors (Lipinski definition) is 1. The lowest BCUT2D eigenvalue weighted by atomic mass is 10.3. The minimum atomic E-state index is -0.867. The molecule has 1 fully saturated rings. The number of carbonyl (C=O) groups is 1. The molecule has 30 heavy (non-hydrogen) atoms. The summed E-state index contributed by atoms with van der Waals surface area (Å²) in [4.78, 5) is 26.5. The lowest BCUT2D eigenvalue weighted by molar-refractivity contribution is -0.385. The Labute approximate surface area is 170 Å². The van der Waals surface area contributed by atoms with Gasteiger partial charge in [0.25, 0.3) is 5.69 Å². The fourth-order valence-corrected chi connectivity index (χ4v) is 3.16. The Bertz CT molecular complexity index is 1110. The number of rotatable bonds is 4. The maximum atomic E-state index is 14.3. The first-order valence-corrected chi connectivity index (χ1v) is 9.24. The van der Waals surface area contributed by atoms with Crippen LogP contribution in [0.1, 0.15) is 0 Å². The molecule has 4 rings (SSSR count). The predicted molar refractivity (Wildman–Crippen MR) is 106 cm³/mol. The highest BCUT2D eigenvalue weighted by molar-refractivity contribution is 5.90. The number of non-ortho nitro benzene ring substituents is 1. The second-order valence-corrected chi connectivity index (χ2v) is 6.95. The number of piperazine rings is 1. The van der Waals surface area contributed by atoms with E-state index in [1.807, 2.05) is 7.05 Å². The Morgan fingerprint density at radius 2 is 1.97 bits per heavy atom. The molecular formula is C19H19FN6O4. The first-order valence-electron chi connectivity index (χ1n) is 9.24. The Morgan fingerprint density at radius 3 is 2.67 bits per heavy atom. The number of pyridine rings is 1. The van der Waals surface area contributed by atoms with Crippen LogP contribution in [0.25, 0.3) is 5.52 Å². The van der Waals surface area contributed by atoms with Crippen molar-refractivity contribution in [1.29, 1.82) is 0 Å². The molecule has 1 aliphatic rings. The molecule has 0 bridgehead atoms. The molecule has 3 aromatic rings. The molecule has 1 aromatic carbocycles. The average Bonchev–Trinajstić information content (AvgIpc) is 3.18. The number of hydrogen-bond acceptors (Lipinski definition) is 6. The first kappa shape index (κ1) is 19.6. The van der Waals surface area contributed by atoms with Crippen LogP contribution in [0.4, 0.5) is 20.6 Å². The number of halogens is 1. The molecule has 11 heteroatoms. The summed E-state index contributed by atoms with van der Waals surface area (Å²) in [5, 5.41) is 17.8. The molecule has 0 radical (unpaired) electrons. The van der Waals surface area contributed by atoms with Gasteiger partial charge in [-0.15, -0.1) is 0 Å². The van der Waals surface area contributed by atoms with E-state index >= 15 is 0 Å². The molecule has 2 amide bonds. The number of benzene rings is 1. The Balaban J connectivity index is 1.59. The van der Waals surface area contributed by atoms with Crippen LogP contribution >= 0.6 is 0 Å². The van der Waals surface area contributed by atoms with Crippen molar-refractivity contribution in [2.24, 2.45) is 0 Å². The number of aromatic nitrogens is 2. The Morgan fingerprint density at radius 1 is 1.20 bits per heavy atom. The van der Waals surface area contributed by atoms with Crippen molar-refractivity contribution in [1.82, 2.24) is 19.4 Å². The van der Waals surface area contributed by atoms with Crippen LogP contribution < -0.4 is 10.1 Å². The van der Waals surface area contributed by atoms with Crippen LogP contribution in [-0.2, 0) is 0 Å². The van der Waals surface area contributed by atoms with E-state index in [1.54, 1.807) is 29.4 Å². The maximum Gasteiger partial charge on any atom is 0.321 e. The SMILES string of the molecule is CN1CCN(C(=O)Nc2cc(Oc3ccc([N+](=O)[O-])cc3F)c3ccnn3c2)CC1. The van der Waals surface area contributed by atoms with Crippen molar-refractivity contribution < 1.29 is 18.8 Å². The van der Waals surface area contributed by atoms with Crippen molar-refractivity contribution >= 4 is 22.9 Å². The third kappa shape index (κ3) is 4.01. The van der Waals surface area contributed by atoms with Crippen molar-refractivity contribution in [3.63, 3.8) is 0 Å². The Hall–Kier alpha value is -3.73. The molecule has 156 valence electrons. The fourth-order valence-electron chi connectivity index (χ4n) is 3.16. The monoisotopic (exact) mass is 414 g/mol. The van der Waals surface area contributed by atoms with Gasteiger partial charge in [0.05, 0.1) is 29.1 Å². The van der Waals surface area contributed by atoms with Crippen LogP contribution in [-0.4, -0.2) is 63.6 Å². The van der Waals surface area contributed by atoms with Gasteiger partial charge in [0.15, 0.2) is 17.3 Å². The number of anilines is 1. The van der Waals surface area contributed by atoms with Crippen molar-refractivity contribution in [2.45, 2.75) is 0 Å². The molecule has 2 aromatic heterocycles. The number of nitro benzene ring substituents is 1. The van der Waals surface area contributed by atoms with Crippen LogP contribution in [0, 0.1) is 15.9 Å². The fraction of sp³-hybridized carbons (Fsp3) is 0.263. The van der Waals surface area contributed by atoms with E-state index < -0.39 is 10.7 Å². The topological polar surface area (TPSA) is 105 Å². The number of amides is 2. The summed E-state index contributed by atoms with van der Waals surface area (Å²) >= 11 is 0. The highest BCUT2D eigenvalue weighted by Crippen LogP contribution is 2.32. The molecule has 0 atom stereocenters. The molecule has 0 spiro atoms. The van der Waals surface area contributed by atoms with Crippen LogP contribution in [0.5, 0.6) is 11.5 Å². The molecule has 1 aliphatic heterocycles. The summed E-state index contributed by atoms with van der Waals surface area (Å²) in [6.07, 6.45) is 3.17. The predicted octanol–water partition coefficient (Wildman–Crippen LogP) is 2.95. The number of fused-ring (bicyclic) bond motifs is 1. The normalized spacial score (nSPS) is 14.7. The number of nitrogens with one attached hydrogen (secondary N) is 1. The first-order chi connectivity index (χ1) is 14.4. The van der Waals surface area contributed by atoms with Gasteiger partial charge in [-0.25, -0.2) is 13.7 Å². The van der Waals surface area contributed by atoms with E-state index in [-0.39, 0.29) is 23.2 Å². The van der Waals surface area contributed by atoms with E-state index in [4.69, 9.17) is 4.74 Å². The zero-order valence-corrected chi connectivity index (χ0v) is 16.1. The van der Waals surface area contributed by atoms with Gasteiger partial charge in [-0.2, -0.15) is 5.10 Å². The standard InChI is InChI=1S/C19H19FN6O4/c1-23-6-8-24(9-7-23)19(27)22-13-10-18(16-4-5-21-25(16)12-13)30-17-3-2-14(26(28)29)11-15(17)20/h2-5,10-12H,6-9H2,1H3,(H,22,27). The highest BCUT2D eigenvalue weighted by Gasteiger charge is 2.20. The van der Waals surface area contributed by atoms with E-state index in [9.17, 15) is 19.3 Å². The van der Waals surface area contributed by atoms with Gasteiger partial charge in [0.1, 0.15) is 5.52 Å².